The SMILES string of the molecule is C\C=C/C=C\C(CC)=N\NN. The molecule has 0 bridgehead atoms. The highest BCUT2D eigenvalue weighted by Gasteiger charge is 1.85. The molecular weight excluding hydrogens is 138 g/mol. The van der Waals surface area contributed by atoms with Crippen LogP contribution >= 0.6 is 0 Å². The van der Waals surface area contributed by atoms with Crippen molar-refractivity contribution in [3.05, 3.63) is 24.3 Å². The van der Waals surface area contributed by atoms with Crippen LogP contribution in [0.5, 0.6) is 0 Å². The maximum Gasteiger partial charge on any atom is 0.0615 e. The highest BCUT2D eigenvalue weighted by atomic mass is 15.5. The van der Waals surface area contributed by atoms with E-state index in [4.69, 9.17) is 5.84 Å². The van der Waals surface area contributed by atoms with Crippen LogP contribution < -0.4 is 11.4 Å². The van der Waals surface area contributed by atoms with Crippen LogP contribution in [0.1, 0.15) is 20.3 Å². The van der Waals surface area contributed by atoms with E-state index in [0.29, 0.717) is 0 Å². The minimum absolute atomic E-state index is 0.873. The lowest BCUT2D eigenvalue weighted by Crippen LogP contribution is -2.16. The van der Waals surface area contributed by atoms with Gasteiger partial charge in [-0.3, -0.25) is 0 Å². The van der Waals surface area contributed by atoms with E-state index in [0.717, 1.165) is 12.1 Å². The van der Waals surface area contributed by atoms with Crippen molar-refractivity contribution in [1.29, 1.82) is 0 Å². The van der Waals surface area contributed by atoms with E-state index >= 15 is 0 Å². The molecule has 0 fully saturated rings. The highest BCUT2D eigenvalue weighted by Crippen LogP contribution is 1.87. The van der Waals surface area contributed by atoms with Gasteiger partial charge in [0, 0.05) is 0 Å². The summed E-state index contributed by atoms with van der Waals surface area (Å²) in [5, 5.41) is 3.84. The zero-order chi connectivity index (χ0) is 8.53. The molecule has 62 valence electrons. The van der Waals surface area contributed by atoms with E-state index in [1.165, 1.54) is 0 Å². The van der Waals surface area contributed by atoms with E-state index < -0.39 is 0 Å². The van der Waals surface area contributed by atoms with Crippen molar-refractivity contribution in [3.63, 3.8) is 0 Å². The summed E-state index contributed by atoms with van der Waals surface area (Å²) in [4.78, 5) is 0. The predicted molar refractivity (Wildman–Crippen MR) is 49.0 cm³/mol. The molecule has 0 unspecified atom stereocenters. The fourth-order valence-corrected chi connectivity index (χ4v) is 0.595. The standard InChI is InChI=1S/C8H15N3/c1-3-5-6-7-8(4-2)10-11-9/h3,5-7,11H,4,9H2,1-2H3/b5-3-,7-6-,10-8+. The van der Waals surface area contributed by atoms with Gasteiger partial charge in [-0.25, -0.2) is 11.4 Å². The van der Waals surface area contributed by atoms with E-state index in [1.807, 2.05) is 38.2 Å². The first-order valence-corrected chi connectivity index (χ1v) is 3.66. The van der Waals surface area contributed by atoms with E-state index in [9.17, 15) is 0 Å². The Balaban J connectivity index is 3.96. The maximum absolute atomic E-state index is 5.02. The van der Waals surface area contributed by atoms with Gasteiger partial charge in [-0.15, -0.1) is 0 Å². The lowest BCUT2D eigenvalue weighted by Gasteiger charge is -1.93. The van der Waals surface area contributed by atoms with Crippen molar-refractivity contribution in [2.24, 2.45) is 10.9 Å². The van der Waals surface area contributed by atoms with Gasteiger partial charge in [0.05, 0.1) is 5.71 Å². The molecule has 0 saturated carbocycles. The molecule has 3 nitrogen and oxygen atoms in total. The Labute approximate surface area is 67.6 Å². The zero-order valence-electron chi connectivity index (χ0n) is 7.04. The summed E-state index contributed by atoms with van der Waals surface area (Å²) in [6, 6.07) is 0. The van der Waals surface area contributed by atoms with Gasteiger partial charge in [0.2, 0.25) is 0 Å². The van der Waals surface area contributed by atoms with Crippen molar-refractivity contribution in [2.45, 2.75) is 20.3 Å². The van der Waals surface area contributed by atoms with E-state index in [-0.39, 0.29) is 0 Å². The topological polar surface area (TPSA) is 50.4 Å². The number of nitrogens with zero attached hydrogens (tertiary/aromatic N) is 1. The Kier molecular flexibility index (Phi) is 6.33. The fourth-order valence-electron chi connectivity index (χ4n) is 0.595. The van der Waals surface area contributed by atoms with Crippen LogP contribution in [-0.4, -0.2) is 5.71 Å². The van der Waals surface area contributed by atoms with Crippen molar-refractivity contribution in [2.75, 3.05) is 0 Å². The lowest BCUT2D eigenvalue weighted by molar-refractivity contribution is 0.802. The van der Waals surface area contributed by atoms with Crippen LogP contribution in [0.2, 0.25) is 0 Å². The van der Waals surface area contributed by atoms with Crippen LogP contribution in [0.15, 0.2) is 29.4 Å². The van der Waals surface area contributed by atoms with Crippen molar-refractivity contribution in [1.82, 2.24) is 5.53 Å². The van der Waals surface area contributed by atoms with Crippen molar-refractivity contribution in [3.8, 4) is 0 Å². The molecule has 0 radical (unpaired) electrons. The molecule has 0 spiro atoms. The fraction of sp³-hybridized carbons (Fsp3) is 0.375. The van der Waals surface area contributed by atoms with Gasteiger partial charge in [-0.05, 0) is 19.4 Å². The van der Waals surface area contributed by atoms with Gasteiger partial charge in [0.15, 0.2) is 0 Å². The summed E-state index contributed by atoms with van der Waals surface area (Å²) < 4.78 is 0. The number of hydrazine groups is 1. The molecule has 0 heterocycles. The Hall–Kier alpha value is -1.09. The van der Waals surface area contributed by atoms with Gasteiger partial charge >= 0.3 is 0 Å². The molecule has 0 saturated heterocycles. The first kappa shape index (κ1) is 9.91. The van der Waals surface area contributed by atoms with E-state index in [1.54, 1.807) is 0 Å². The van der Waals surface area contributed by atoms with Crippen LogP contribution in [-0.2, 0) is 0 Å². The molecule has 0 amide bonds. The molecule has 0 aliphatic carbocycles. The Morgan fingerprint density at radius 1 is 1.55 bits per heavy atom. The van der Waals surface area contributed by atoms with Gasteiger partial charge in [-0.1, -0.05) is 25.2 Å². The van der Waals surface area contributed by atoms with Gasteiger partial charge in [0.1, 0.15) is 0 Å². The summed E-state index contributed by atoms with van der Waals surface area (Å²) in [6.07, 6.45) is 8.62. The van der Waals surface area contributed by atoms with Gasteiger partial charge < -0.3 is 0 Å². The molecule has 0 rings (SSSR count). The first-order chi connectivity index (χ1) is 5.35. The second-order valence-electron chi connectivity index (χ2n) is 1.97. The van der Waals surface area contributed by atoms with E-state index in [2.05, 4.69) is 10.6 Å². The summed E-state index contributed by atoms with van der Waals surface area (Å²) in [5.41, 5.74) is 3.19. The number of allylic oxidation sites excluding steroid dienone is 4. The minimum atomic E-state index is 0.873. The molecule has 0 aromatic rings. The second kappa shape index (κ2) is 7.02. The Bertz CT molecular complexity index is 168. The third-order valence-corrected chi connectivity index (χ3v) is 1.16. The van der Waals surface area contributed by atoms with Crippen LogP contribution in [0.3, 0.4) is 0 Å². The normalized spacial score (nSPS) is 13.2. The molecule has 3 heteroatoms. The van der Waals surface area contributed by atoms with Crippen LogP contribution in [0.4, 0.5) is 0 Å². The molecule has 0 atom stereocenters. The Morgan fingerprint density at radius 2 is 2.27 bits per heavy atom. The van der Waals surface area contributed by atoms with Crippen LogP contribution in [0, 0.1) is 0 Å². The number of hydrogen-bond acceptors (Lipinski definition) is 3. The summed E-state index contributed by atoms with van der Waals surface area (Å²) in [7, 11) is 0. The monoisotopic (exact) mass is 153 g/mol. The van der Waals surface area contributed by atoms with Gasteiger partial charge in [-0.2, -0.15) is 5.10 Å². The van der Waals surface area contributed by atoms with Crippen LogP contribution in [0.25, 0.3) is 0 Å². The number of hydrazone groups is 1. The second-order valence-corrected chi connectivity index (χ2v) is 1.97. The average molecular weight is 153 g/mol. The summed E-state index contributed by atoms with van der Waals surface area (Å²) in [5.74, 6) is 5.02. The molecule has 0 aromatic carbocycles. The van der Waals surface area contributed by atoms with Gasteiger partial charge in [0.25, 0.3) is 0 Å². The smallest absolute Gasteiger partial charge is 0.0615 e. The number of nitrogens with two attached hydrogens (primary N) is 1. The quantitative estimate of drug-likeness (QED) is 0.277. The Morgan fingerprint density at radius 3 is 2.73 bits per heavy atom. The molecule has 3 N–H and O–H groups in total. The third kappa shape index (κ3) is 5.36. The predicted octanol–water partition coefficient (Wildman–Crippen LogP) is 1.35. The average Bonchev–Trinajstić information content (AvgIpc) is 2.03. The summed E-state index contributed by atoms with van der Waals surface area (Å²) in [6.45, 7) is 3.99. The maximum atomic E-state index is 5.02. The molecule has 11 heavy (non-hydrogen) atoms. The molecule has 0 aliphatic rings. The first-order valence-electron chi connectivity index (χ1n) is 3.66. The third-order valence-electron chi connectivity index (χ3n) is 1.16. The molecule has 0 aliphatic heterocycles. The molecule has 0 aromatic heterocycles. The lowest BCUT2D eigenvalue weighted by atomic mass is 10.2. The zero-order valence-corrected chi connectivity index (χ0v) is 7.04. The highest BCUT2D eigenvalue weighted by molar-refractivity contribution is 5.94. The van der Waals surface area contributed by atoms with Crippen molar-refractivity contribution < 1.29 is 0 Å². The summed E-state index contributed by atoms with van der Waals surface area (Å²) >= 11 is 0. The van der Waals surface area contributed by atoms with Crippen molar-refractivity contribution >= 4 is 5.71 Å². The number of hydrogen-bond donors (Lipinski definition) is 2. The number of nitrogens with one attached hydrogen (secondary N) is 1. The number of rotatable bonds is 4. The molecular formula is C8H15N3. The largest absolute Gasteiger partial charge is 0.245 e. The minimum Gasteiger partial charge on any atom is -0.245 e.